The molecular weight excluding hydrogens is 724 g/mol. The summed E-state index contributed by atoms with van der Waals surface area (Å²) in [5.41, 5.74) is 2.90. The van der Waals surface area contributed by atoms with Crippen molar-refractivity contribution < 1.29 is 23.7 Å². The van der Waals surface area contributed by atoms with Crippen molar-refractivity contribution in [3.05, 3.63) is 117 Å². The largest absolute Gasteiger partial charge is 0.493 e. The number of para-hydroxylation sites is 1. The number of hydrogen-bond donors (Lipinski definition) is 0. The van der Waals surface area contributed by atoms with Gasteiger partial charge in [-0.1, -0.05) is 57.6 Å². The van der Waals surface area contributed by atoms with Crippen molar-refractivity contribution in [3.8, 4) is 17.2 Å². The van der Waals surface area contributed by atoms with E-state index in [-0.39, 0.29) is 18.3 Å². The highest BCUT2D eigenvalue weighted by molar-refractivity contribution is 9.10. The number of esters is 1. The summed E-state index contributed by atoms with van der Waals surface area (Å²) in [6.45, 7) is 7.91. The van der Waals surface area contributed by atoms with E-state index in [2.05, 4.69) is 36.9 Å². The number of carbonyl (C=O) groups is 1. The summed E-state index contributed by atoms with van der Waals surface area (Å²) in [4.78, 5) is 32.6. The Labute approximate surface area is 281 Å². The maximum absolute atomic E-state index is 14.2. The lowest BCUT2D eigenvalue weighted by molar-refractivity contribution is -0.139. The molecule has 2 heterocycles. The van der Waals surface area contributed by atoms with Gasteiger partial charge in [-0.2, -0.15) is 0 Å². The van der Waals surface area contributed by atoms with Crippen molar-refractivity contribution in [2.24, 2.45) is 4.99 Å². The first-order valence-corrected chi connectivity index (χ1v) is 16.7. The molecule has 0 saturated heterocycles. The van der Waals surface area contributed by atoms with Crippen molar-refractivity contribution in [1.82, 2.24) is 4.57 Å². The van der Waals surface area contributed by atoms with Crippen molar-refractivity contribution in [3.63, 3.8) is 0 Å². The number of aromatic nitrogens is 1. The van der Waals surface area contributed by atoms with Gasteiger partial charge in [-0.3, -0.25) is 9.36 Å². The number of rotatable bonds is 10. The van der Waals surface area contributed by atoms with Crippen LogP contribution in [0.2, 0.25) is 0 Å². The standard InChI is InChI=1S/C34H32Br2N2O6S/c1-6-42-33(40)29-20(4)37-34-38(30(29)24-9-7-8-10-26(24)44-19(2)3)32(39)28(45-34)17-22-15-25(36)31(27(16-22)41-5)43-18-21-11-13-23(35)14-12-21/h7-17,19,30H,6,18H2,1-5H3/b28-17+/t30-/m0/s1. The van der Waals surface area contributed by atoms with Gasteiger partial charge in [0.1, 0.15) is 18.4 Å². The Bertz CT molecular complexity index is 1950. The molecule has 1 aliphatic heterocycles. The highest BCUT2D eigenvalue weighted by Gasteiger charge is 2.35. The van der Waals surface area contributed by atoms with Crippen LogP contribution in [-0.4, -0.2) is 30.4 Å². The molecule has 0 aliphatic carbocycles. The Morgan fingerprint density at radius 2 is 1.82 bits per heavy atom. The quantitative estimate of drug-likeness (QED) is 0.168. The van der Waals surface area contributed by atoms with Crippen LogP contribution in [0.3, 0.4) is 0 Å². The summed E-state index contributed by atoms with van der Waals surface area (Å²) in [5, 5.41) is 0. The van der Waals surface area contributed by atoms with Crippen LogP contribution < -0.4 is 29.1 Å². The minimum atomic E-state index is -0.784. The van der Waals surface area contributed by atoms with E-state index in [9.17, 15) is 9.59 Å². The van der Waals surface area contributed by atoms with Gasteiger partial charge in [-0.15, -0.1) is 0 Å². The maximum Gasteiger partial charge on any atom is 0.338 e. The number of methoxy groups -OCH3 is 1. The summed E-state index contributed by atoms with van der Waals surface area (Å²) >= 11 is 8.32. The van der Waals surface area contributed by atoms with Crippen LogP contribution >= 0.6 is 43.2 Å². The van der Waals surface area contributed by atoms with Crippen LogP contribution in [0.4, 0.5) is 0 Å². The monoisotopic (exact) mass is 754 g/mol. The van der Waals surface area contributed by atoms with Crippen LogP contribution in [0.25, 0.3) is 6.08 Å². The minimum absolute atomic E-state index is 0.117. The summed E-state index contributed by atoms with van der Waals surface area (Å²) in [6, 6.07) is 18.2. The predicted molar refractivity (Wildman–Crippen MR) is 182 cm³/mol. The van der Waals surface area contributed by atoms with Crippen molar-refractivity contribution in [1.29, 1.82) is 0 Å². The molecule has 5 rings (SSSR count). The second-order valence-corrected chi connectivity index (χ2v) is 13.2. The third-order valence-electron chi connectivity index (χ3n) is 6.94. The summed E-state index contributed by atoms with van der Waals surface area (Å²) in [7, 11) is 1.57. The molecule has 0 fully saturated rings. The smallest absolute Gasteiger partial charge is 0.338 e. The SMILES string of the molecule is CCOC(=O)C1=C(C)N=c2s/c(=C/c3cc(Br)c(OCc4ccc(Br)cc4)c(OC)c3)c(=O)n2[C@H]1c1ccccc1OC(C)C. The number of fused-ring (bicyclic) bond motifs is 1. The predicted octanol–water partition coefficient (Wildman–Crippen LogP) is 6.70. The van der Waals surface area contributed by atoms with Gasteiger partial charge in [0.05, 0.1) is 40.1 Å². The van der Waals surface area contributed by atoms with E-state index in [0.29, 0.717) is 54.5 Å². The number of hydrogen-bond acceptors (Lipinski definition) is 8. The Morgan fingerprint density at radius 3 is 2.51 bits per heavy atom. The Hall–Kier alpha value is -3.67. The first-order chi connectivity index (χ1) is 21.6. The van der Waals surface area contributed by atoms with E-state index in [4.69, 9.17) is 18.9 Å². The fourth-order valence-corrected chi connectivity index (χ4v) is 6.89. The normalized spacial score (nSPS) is 14.7. The Morgan fingerprint density at radius 1 is 1.09 bits per heavy atom. The first-order valence-electron chi connectivity index (χ1n) is 14.3. The van der Waals surface area contributed by atoms with E-state index in [1.807, 2.05) is 74.5 Å². The van der Waals surface area contributed by atoms with Crippen LogP contribution in [0, 0.1) is 0 Å². The van der Waals surface area contributed by atoms with E-state index in [1.165, 1.54) is 11.3 Å². The molecule has 8 nitrogen and oxygen atoms in total. The molecule has 0 bridgehead atoms. The molecule has 0 spiro atoms. The molecule has 0 N–H and O–H groups in total. The zero-order valence-electron chi connectivity index (χ0n) is 25.4. The number of thiazole rings is 1. The number of ether oxygens (including phenoxy) is 4. The number of nitrogens with zero attached hydrogens (tertiary/aromatic N) is 2. The molecule has 1 aromatic heterocycles. The van der Waals surface area contributed by atoms with Gasteiger partial charge < -0.3 is 18.9 Å². The molecule has 0 amide bonds. The Balaban J connectivity index is 1.60. The zero-order chi connectivity index (χ0) is 32.2. The number of benzene rings is 3. The van der Waals surface area contributed by atoms with E-state index < -0.39 is 12.0 Å². The molecule has 234 valence electrons. The fourth-order valence-electron chi connectivity index (χ4n) is 5.00. The van der Waals surface area contributed by atoms with Crippen LogP contribution in [0.5, 0.6) is 17.2 Å². The second kappa shape index (κ2) is 14.2. The van der Waals surface area contributed by atoms with Crippen LogP contribution in [-0.2, 0) is 16.1 Å². The highest BCUT2D eigenvalue weighted by Crippen LogP contribution is 2.38. The fraction of sp³-hybridized carbons (Fsp3) is 0.265. The number of allylic oxidation sites excluding steroid dienone is 1. The maximum atomic E-state index is 14.2. The van der Waals surface area contributed by atoms with E-state index >= 15 is 0 Å². The summed E-state index contributed by atoms with van der Waals surface area (Å²) in [5.74, 6) is 1.12. The molecule has 0 saturated carbocycles. The molecule has 11 heteroatoms. The van der Waals surface area contributed by atoms with Crippen molar-refractivity contribution >= 4 is 55.2 Å². The van der Waals surface area contributed by atoms with Crippen LogP contribution in [0.1, 0.15) is 50.4 Å². The van der Waals surface area contributed by atoms with Gasteiger partial charge in [-0.25, -0.2) is 9.79 Å². The topological polar surface area (TPSA) is 88.4 Å². The average molecular weight is 757 g/mol. The third-order valence-corrected chi connectivity index (χ3v) is 9.04. The summed E-state index contributed by atoms with van der Waals surface area (Å²) < 4.78 is 27.0. The molecule has 4 aromatic rings. The van der Waals surface area contributed by atoms with Gasteiger partial charge in [0, 0.05) is 10.0 Å². The molecule has 1 aliphatic rings. The van der Waals surface area contributed by atoms with Gasteiger partial charge in [-0.05, 0) is 91.2 Å². The molecule has 1 atom stereocenters. The third kappa shape index (κ3) is 7.10. The van der Waals surface area contributed by atoms with Crippen molar-refractivity contribution in [2.45, 2.75) is 46.4 Å². The van der Waals surface area contributed by atoms with Crippen molar-refractivity contribution in [2.75, 3.05) is 13.7 Å². The molecular formula is C34H32Br2N2O6S. The van der Waals surface area contributed by atoms with Gasteiger partial charge in [0.25, 0.3) is 5.56 Å². The molecule has 0 unspecified atom stereocenters. The average Bonchev–Trinajstić information content (AvgIpc) is 3.30. The second-order valence-electron chi connectivity index (χ2n) is 10.5. The van der Waals surface area contributed by atoms with Gasteiger partial charge in [0.2, 0.25) is 0 Å². The molecule has 45 heavy (non-hydrogen) atoms. The Kier molecular flexibility index (Phi) is 10.3. The molecule has 0 radical (unpaired) electrons. The first kappa shape index (κ1) is 32.7. The number of halogens is 2. The highest BCUT2D eigenvalue weighted by atomic mass is 79.9. The summed E-state index contributed by atoms with van der Waals surface area (Å²) in [6.07, 6.45) is 1.67. The lowest BCUT2D eigenvalue weighted by Gasteiger charge is -2.26. The number of carbonyl (C=O) groups excluding carboxylic acids is 1. The molecule has 3 aromatic carbocycles. The van der Waals surface area contributed by atoms with E-state index in [0.717, 1.165) is 15.6 Å². The van der Waals surface area contributed by atoms with E-state index in [1.54, 1.807) is 31.6 Å². The van der Waals surface area contributed by atoms with Gasteiger partial charge >= 0.3 is 5.97 Å². The lowest BCUT2D eigenvalue weighted by Crippen LogP contribution is -2.40. The lowest BCUT2D eigenvalue weighted by atomic mass is 9.95. The van der Waals surface area contributed by atoms with Crippen LogP contribution in [0.15, 0.2) is 90.7 Å². The zero-order valence-corrected chi connectivity index (χ0v) is 29.4. The van der Waals surface area contributed by atoms with Gasteiger partial charge in [0.15, 0.2) is 16.3 Å². The minimum Gasteiger partial charge on any atom is -0.493 e.